The molecule has 1 heterocycles. The van der Waals surface area contributed by atoms with E-state index in [1.807, 2.05) is 0 Å². The van der Waals surface area contributed by atoms with E-state index in [1.165, 1.54) is 0 Å². The van der Waals surface area contributed by atoms with Crippen LogP contribution in [-0.2, 0) is 23.1 Å². The number of rotatable bonds is 8. The molecule has 2 aromatic carbocycles. The highest BCUT2D eigenvalue weighted by Crippen LogP contribution is 2.19. The molecule has 0 spiro atoms. The molecule has 0 saturated carbocycles. The molecule has 0 aliphatic heterocycles. The van der Waals surface area contributed by atoms with Gasteiger partial charge in [-0.2, -0.15) is 0 Å². The minimum absolute atomic E-state index is 0.0108. The molecule has 31 heavy (non-hydrogen) atoms. The number of hydrogen-bond acceptors (Lipinski definition) is 6. The number of thioether (sulfide) groups is 1. The lowest BCUT2D eigenvalue weighted by atomic mass is 10.3. The van der Waals surface area contributed by atoms with Gasteiger partial charge in [0.1, 0.15) is 23.2 Å². The number of carbonyl (C=O) groups is 2. The smallest absolute Gasteiger partial charge is 0.234 e. The SMILES string of the molecule is COc1ccc(NC(=O)Cc2nnc(SCC(=O)Nc3ccc(F)cc3F)n2C)cc1. The first-order valence-electron chi connectivity index (χ1n) is 9.05. The average molecular weight is 447 g/mol. The number of methoxy groups -OCH3 is 1. The standard InChI is InChI=1S/C20H19F2N5O3S/c1-27-17(10-18(28)23-13-4-6-14(30-2)7-5-13)25-26-20(27)31-11-19(29)24-16-8-3-12(21)9-15(16)22/h3-9H,10-11H2,1-2H3,(H,23,28)(H,24,29). The molecule has 0 fully saturated rings. The van der Waals surface area contributed by atoms with Crippen molar-refractivity contribution in [1.29, 1.82) is 0 Å². The van der Waals surface area contributed by atoms with Crippen molar-refractivity contribution in [3.05, 3.63) is 59.9 Å². The van der Waals surface area contributed by atoms with Crippen LogP contribution in [0, 0.1) is 11.6 Å². The predicted octanol–water partition coefficient (Wildman–Crippen LogP) is 3.01. The van der Waals surface area contributed by atoms with Crippen molar-refractivity contribution in [3.8, 4) is 5.75 Å². The van der Waals surface area contributed by atoms with E-state index in [1.54, 1.807) is 43.0 Å². The highest BCUT2D eigenvalue weighted by atomic mass is 32.2. The van der Waals surface area contributed by atoms with E-state index in [4.69, 9.17) is 4.74 Å². The molecule has 1 aromatic heterocycles. The van der Waals surface area contributed by atoms with E-state index in [0.29, 0.717) is 28.5 Å². The predicted molar refractivity (Wildman–Crippen MR) is 112 cm³/mol. The second kappa shape index (κ2) is 10.0. The van der Waals surface area contributed by atoms with Gasteiger partial charge in [-0.05, 0) is 36.4 Å². The number of nitrogens with one attached hydrogen (secondary N) is 2. The molecular weight excluding hydrogens is 428 g/mol. The number of amides is 2. The second-order valence-electron chi connectivity index (χ2n) is 6.37. The molecule has 2 N–H and O–H groups in total. The topological polar surface area (TPSA) is 98.1 Å². The van der Waals surface area contributed by atoms with Crippen LogP contribution in [-0.4, -0.2) is 39.4 Å². The van der Waals surface area contributed by atoms with Crippen LogP contribution in [0.2, 0.25) is 0 Å². The summed E-state index contributed by atoms with van der Waals surface area (Å²) in [6, 6.07) is 9.79. The molecule has 8 nitrogen and oxygen atoms in total. The van der Waals surface area contributed by atoms with Crippen molar-refractivity contribution in [2.45, 2.75) is 11.6 Å². The Morgan fingerprint density at radius 2 is 1.81 bits per heavy atom. The zero-order valence-electron chi connectivity index (χ0n) is 16.7. The number of hydrogen-bond donors (Lipinski definition) is 2. The third-order valence-electron chi connectivity index (χ3n) is 4.16. The van der Waals surface area contributed by atoms with Crippen molar-refractivity contribution < 1.29 is 23.1 Å². The summed E-state index contributed by atoms with van der Waals surface area (Å²) in [6.45, 7) is 0. The first-order chi connectivity index (χ1) is 14.9. The zero-order valence-corrected chi connectivity index (χ0v) is 17.5. The molecule has 3 aromatic rings. The van der Waals surface area contributed by atoms with Gasteiger partial charge in [0.05, 0.1) is 25.0 Å². The van der Waals surface area contributed by atoms with E-state index >= 15 is 0 Å². The van der Waals surface area contributed by atoms with E-state index in [0.717, 1.165) is 23.9 Å². The normalized spacial score (nSPS) is 10.6. The van der Waals surface area contributed by atoms with Gasteiger partial charge in [-0.25, -0.2) is 8.78 Å². The van der Waals surface area contributed by atoms with Gasteiger partial charge in [0.2, 0.25) is 11.8 Å². The Balaban J connectivity index is 1.53. The molecule has 0 aliphatic carbocycles. The Bertz CT molecular complexity index is 1090. The Morgan fingerprint density at radius 3 is 2.48 bits per heavy atom. The fourth-order valence-corrected chi connectivity index (χ4v) is 3.29. The Hall–Kier alpha value is -3.47. The van der Waals surface area contributed by atoms with Crippen LogP contribution in [0.5, 0.6) is 5.75 Å². The van der Waals surface area contributed by atoms with Crippen LogP contribution in [0.4, 0.5) is 20.2 Å². The molecule has 0 bridgehead atoms. The maximum absolute atomic E-state index is 13.6. The van der Waals surface area contributed by atoms with E-state index in [-0.39, 0.29) is 23.8 Å². The lowest BCUT2D eigenvalue weighted by Gasteiger charge is -2.07. The highest BCUT2D eigenvalue weighted by molar-refractivity contribution is 7.99. The van der Waals surface area contributed by atoms with Gasteiger partial charge in [-0.1, -0.05) is 11.8 Å². The maximum Gasteiger partial charge on any atom is 0.234 e. The molecule has 0 unspecified atom stereocenters. The van der Waals surface area contributed by atoms with E-state index < -0.39 is 17.5 Å². The highest BCUT2D eigenvalue weighted by Gasteiger charge is 2.15. The summed E-state index contributed by atoms with van der Waals surface area (Å²) in [5.41, 5.74) is 0.508. The van der Waals surface area contributed by atoms with Gasteiger partial charge < -0.3 is 19.9 Å². The van der Waals surface area contributed by atoms with E-state index in [2.05, 4.69) is 20.8 Å². The summed E-state index contributed by atoms with van der Waals surface area (Å²) in [5.74, 6) is -1.33. The van der Waals surface area contributed by atoms with Gasteiger partial charge in [0.15, 0.2) is 5.16 Å². The van der Waals surface area contributed by atoms with Gasteiger partial charge in [0.25, 0.3) is 0 Å². The van der Waals surface area contributed by atoms with Crippen LogP contribution in [0.3, 0.4) is 0 Å². The molecule has 162 valence electrons. The van der Waals surface area contributed by atoms with Crippen LogP contribution in [0.25, 0.3) is 0 Å². The minimum atomic E-state index is -0.859. The van der Waals surface area contributed by atoms with Gasteiger partial charge >= 0.3 is 0 Å². The molecule has 11 heteroatoms. The zero-order chi connectivity index (χ0) is 22.4. The first-order valence-corrected chi connectivity index (χ1v) is 10.0. The molecule has 3 rings (SSSR count). The first kappa shape index (κ1) is 22.2. The van der Waals surface area contributed by atoms with Crippen molar-refractivity contribution in [3.63, 3.8) is 0 Å². The lowest BCUT2D eigenvalue weighted by molar-refractivity contribution is -0.116. The molecular formula is C20H19F2N5O3S. The summed E-state index contributed by atoms with van der Waals surface area (Å²) < 4.78 is 33.2. The van der Waals surface area contributed by atoms with Crippen molar-refractivity contribution in [1.82, 2.24) is 14.8 Å². The van der Waals surface area contributed by atoms with Crippen LogP contribution >= 0.6 is 11.8 Å². The molecule has 2 amide bonds. The molecule has 0 aliphatic rings. The Labute approximate surface area is 181 Å². The van der Waals surface area contributed by atoms with Crippen molar-refractivity contribution in [2.24, 2.45) is 7.05 Å². The number of benzene rings is 2. The number of halogens is 2. The quantitative estimate of drug-likeness (QED) is 0.515. The summed E-state index contributed by atoms with van der Waals surface area (Å²) >= 11 is 1.07. The minimum Gasteiger partial charge on any atom is -0.497 e. The summed E-state index contributed by atoms with van der Waals surface area (Å²) in [6.07, 6.45) is -0.0108. The van der Waals surface area contributed by atoms with Gasteiger partial charge in [0, 0.05) is 18.8 Å². The Morgan fingerprint density at radius 1 is 1.06 bits per heavy atom. The number of ether oxygens (including phenoxy) is 1. The second-order valence-corrected chi connectivity index (χ2v) is 7.31. The number of anilines is 2. The third kappa shape index (κ3) is 6.01. The summed E-state index contributed by atoms with van der Waals surface area (Å²) in [4.78, 5) is 24.3. The number of aromatic nitrogens is 3. The van der Waals surface area contributed by atoms with E-state index in [9.17, 15) is 18.4 Å². The van der Waals surface area contributed by atoms with Crippen molar-refractivity contribution in [2.75, 3.05) is 23.5 Å². The average Bonchev–Trinajstić information content (AvgIpc) is 3.08. The van der Waals surface area contributed by atoms with Gasteiger partial charge in [-0.3, -0.25) is 9.59 Å². The van der Waals surface area contributed by atoms with Crippen LogP contribution in [0.1, 0.15) is 5.82 Å². The number of carbonyl (C=O) groups excluding carboxylic acids is 2. The largest absolute Gasteiger partial charge is 0.497 e. The van der Waals surface area contributed by atoms with Crippen LogP contribution < -0.4 is 15.4 Å². The van der Waals surface area contributed by atoms with Crippen LogP contribution in [0.15, 0.2) is 47.6 Å². The van der Waals surface area contributed by atoms with Crippen molar-refractivity contribution >= 4 is 35.0 Å². The molecule has 0 saturated heterocycles. The number of nitrogens with zero attached hydrogens (tertiary/aromatic N) is 3. The Kier molecular flexibility index (Phi) is 7.19. The maximum atomic E-state index is 13.6. The third-order valence-corrected chi connectivity index (χ3v) is 5.18. The summed E-state index contributed by atoms with van der Waals surface area (Å²) in [5, 5.41) is 13.5. The van der Waals surface area contributed by atoms with Gasteiger partial charge in [-0.15, -0.1) is 10.2 Å². The molecule has 0 radical (unpaired) electrons. The lowest BCUT2D eigenvalue weighted by Crippen LogP contribution is -2.17. The summed E-state index contributed by atoms with van der Waals surface area (Å²) in [7, 11) is 3.23. The fourth-order valence-electron chi connectivity index (χ4n) is 2.56. The molecule has 0 atom stereocenters. The fraction of sp³-hybridized carbons (Fsp3) is 0.200. The monoisotopic (exact) mass is 447 g/mol.